The molecule has 0 aliphatic carbocycles. The van der Waals surface area contributed by atoms with Gasteiger partial charge in [0.25, 0.3) is 5.91 Å². The number of rotatable bonds is 2. The molecular weight excluding hydrogens is 182 g/mol. The second-order valence-corrected chi connectivity index (χ2v) is 1.81. The smallest absolute Gasteiger partial charge is 0.269 e. The standard InChI is InChI=1S/C6H7N3O2.ClH/c1-11-5-3-8-2-4(9-5)6(7)10;/h2-3H,1H3,(H2,7,10);1H. The van der Waals surface area contributed by atoms with E-state index in [4.69, 9.17) is 10.5 Å². The van der Waals surface area contributed by atoms with E-state index in [9.17, 15) is 4.79 Å². The van der Waals surface area contributed by atoms with Crippen LogP contribution in [-0.2, 0) is 0 Å². The van der Waals surface area contributed by atoms with E-state index in [-0.39, 0.29) is 24.0 Å². The third kappa shape index (κ3) is 2.35. The number of carbonyl (C=O) groups is 1. The molecule has 0 aromatic carbocycles. The van der Waals surface area contributed by atoms with E-state index >= 15 is 0 Å². The van der Waals surface area contributed by atoms with Gasteiger partial charge in [0.05, 0.1) is 19.5 Å². The molecule has 0 saturated heterocycles. The quantitative estimate of drug-likeness (QED) is 0.711. The van der Waals surface area contributed by atoms with E-state index in [0.717, 1.165) is 0 Å². The summed E-state index contributed by atoms with van der Waals surface area (Å²) in [5.74, 6) is -0.335. The van der Waals surface area contributed by atoms with Gasteiger partial charge in [-0.1, -0.05) is 0 Å². The average Bonchev–Trinajstić information content (AvgIpc) is 2.05. The zero-order valence-corrected chi connectivity index (χ0v) is 7.17. The Bertz CT molecular complexity index is 279. The number of carbonyl (C=O) groups excluding carboxylic acids is 1. The van der Waals surface area contributed by atoms with Gasteiger partial charge in [-0.15, -0.1) is 12.4 Å². The summed E-state index contributed by atoms with van der Waals surface area (Å²) < 4.78 is 4.72. The highest BCUT2D eigenvalue weighted by molar-refractivity contribution is 5.90. The number of primary amides is 1. The molecule has 0 saturated carbocycles. The maximum absolute atomic E-state index is 10.5. The number of amides is 1. The maximum atomic E-state index is 10.5. The number of halogens is 1. The lowest BCUT2D eigenvalue weighted by atomic mass is 10.4. The van der Waals surface area contributed by atoms with Crippen molar-refractivity contribution in [2.45, 2.75) is 0 Å². The predicted octanol–water partition coefficient (Wildman–Crippen LogP) is 0.00590. The van der Waals surface area contributed by atoms with Gasteiger partial charge in [0, 0.05) is 0 Å². The number of hydrogen-bond acceptors (Lipinski definition) is 4. The number of aromatic nitrogens is 2. The van der Waals surface area contributed by atoms with Gasteiger partial charge in [0.15, 0.2) is 0 Å². The molecule has 0 atom stereocenters. The Labute approximate surface area is 75.4 Å². The molecule has 2 N–H and O–H groups in total. The van der Waals surface area contributed by atoms with Gasteiger partial charge in [-0.25, -0.2) is 4.98 Å². The van der Waals surface area contributed by atoms with Crippen LogP contribution >= 0.6 is 12.4 Å². The summed E-state index contributed by atoms with van der Waals surface area (Å²) >= 11 is 0. The van der Waals surface area contributed by atoms with Crippen LogP contribution in [0.3, 0.4) is 0 Å². The van der Waals surface area contributed by atoms with Crippen molar-refractivity contribution in [3.8, 4) is 5.88 Å². The molecular formula is C6H8ClN3O2. The summed E-state index contributed by atoms with van der Waals surface area (Å²) in [4.78, 5) is 18.0. The minimum Gasteiger partial charge on any atom is -0.480 e. The Morgan fingerprint density at radius 3 is 2.75 bits per heavy atom. The summed E-state index contributed by atoms with van der Waals surface area (Å²) in [6.45, 7) is 0. The Morgan fingerprint density at radius 1 is 1.58 bits per heavy atom. The van der Waals surface area contributed by atoms with E-state index in [1.54, 1.807) is 0 Å². The zero-order valence-electron chi connectivity index (χ0n) is 6.35. The Balaban J connectivity index is 0.00000121. The van der Waals surface area contributed by atoms with Crippen LogP contribution in [0, 0.1) is 0 Å². The summed E-state index contributed by atoms with van der Waals surface area (Å²) in [7, 11) is 1.44. The number of hydrogen-bond donors (Lipinski definition) is 1. The van der Waals surface area contributed by atoms with Gasteiger partial charge in [0.2, 0.25) is 5.88 Å². The summed E-state index contributed by atoms with van der Waals surface area (Å²) in [6.07, 6.45) is 2.68. The van der Waals surface area contributed by atoms with Crippen LogP contribution in [0.4, 0.5) is 0 Å². The van der Waals surface area contributed by atoms with Crippen LogP contribution in [0.5, 0.6) is 5.88 Å². The molecule has 0 aliphatic rings. The highest BCUT2D eigenvalue weighted by Gasteiger charge is 2.02. The first-order valence-electron chi connectivity index (χ1n) is 2.90. The molecule has 66 valence electrons. The second kappa shape index (κ2) is 4.50. The molecule has 5 nitrogen and oxygen atoms in total. The summed E-state index contributed by atoms with van der Waals surface area (Å²) in [6, 6.07) is 0. The van der Waals surface area contributed by atoms with Crippen molar-refractivity contribution < 1.29 is 9.53 Å². The van der Waals surface area contributed by atoms with Crippen LogP contribution in [0.15, 0.2) is 12.4 Å². The number of ether oxygens (including phenoxy) is 1. The zero-order chi connectivity index (χ0) is 8.27. The lowest BCUT2D eigenvalue weighted by Crippen LogP contribution is -2.13. The highest BCUT2D eigenvalue weighted by atomic mass is 35.5. The molecule has 0 unspecified atom stereocenters. The van der Waals surface area contributed by atoms with Crippen LogP contribution < -0.4 is 10.5 Å². The maximum Gasteiger partial charge on any atom is 0.269 e. The van der Waals surface area contributed by atoms with Gasteiger partial charge >= 0.3 is 0 Å². The molecule has 1 heterocycles. The summed E-state index contributed by atoms with van der Waals surface area (Å²) in [5, 5.41) is 0. The first-order chi connectivity index (χ1) is 5.24. The summed E-state index contributed by atoms with van der Waals surface area (Å²) in [5.41, 5.74) is 5.04. The lowest BCUT2D eigenvalue weighted by molar-refractivity contribution is 0.0994. The molecule has 0 bridgehead atoms. The Hall–Kier alpha value is -1.36. The predicted molar refractivity (Wildman–Crippen MR) is 44.3 cm³/mol. The van der Waals surface area contributed by atoms with Crippen LogP contribution in [-0.4, -0.2) is 23.0 Å². The first kappa shape index (κ1) is 10.6. The Morgan fingerprint density at radius 2 is 2.25 bits per heavy atom. The fraction of sp³-hybridized carbons (Fsp3) is 0.167. The molecule has 0 spiro atoms. The van der Waals surface area contributed by atoms with Crippen molar-refractivity contribution in [1.82, 2.24) is 9.97 Å². The third-order valence-electron chi connectivity index (χ3n) is 1.07. The van der Waals surface area contributed by atoms with Crippen molar-refractivity contribution in [1.29, 1.82) is 0 Å². The molecule has 6 heteroatoms. The molecule has 1 aromatic heterocycles. The minimum absolute atomic E-state index is 0. The molecule has 1 aromatic rings. The van der Waals surface area contributed by atoms with E-state index in [0.29, 0.717) is 0 Å². The molecule has 0 aliphatic heterocycles. The van der Waals surface area contributed by atoms with Gasteiger partial charge in [-0.2, -0.15) is 0 Å². The van der Waals surface area contributed by atoms with Crippen molar-refractivity contribution >= 4 is 18.3 Å². The van der Waals surface area contributed by atoms with E-state index in [2.05, 4.69) is 9.97 Å². The molecule has 0 fully saturated rings. The normalized spacial score (nSPS) is 8.42. The molecule has 1 amide bonds. The van der Waals surface area contributed by atoms with Gasteiger partial charge in [-0.3, -0.25) is 9.78 Å². The fourth-order valence-electron chi connectivity index (χ4n) is 0.565. The largest absolute Gasteiger partial charge is 0.480 e. The van der Waals surface area contributed by atoms with E-state index in [1.165, 1.54) is 19.5 Å². The number of nitrogens with zero attached hydrogens (tertiary/aromatic N) is 2. The number of nitrogens with two attached hydrogens (primary N) is 1. The Kier molecular flexibility index (Phi) is 3.99. The van der Waals surface area contributed by atoms with Crippen LogP contribution in [0.2, 0.25) is 0 Å². The van der Waals surface area contributed by atoms with E-state index in [1.807, 2.05) is 0 Å². The third-order valence-corrected chi connectivity index (χ3v) is 1.07. The SMILES string of the molecule is COc1cncc(C(N)=O)n1.Cl. The van der Waals surface area contributed by atoms with Crippen molar-refractivity contribution in [2.75, 3.05) is 7.11 Å². The van der Waals surface area contributed by atoms with Gasteiger partial charge < -0.3 is 10.5 Å². The topological polar surface area (TPSA) is 78.1 Å². The van der Waals surface area contributed by atoms with Crippen molar-refractivity contribution in [3.05, 3.63) is 18.1 Å². The second-order valence-electron chi connectivity index (χ2n) is 1.81. The monoisotopic (exact) mass is 189 g/mol. The van der Waals surface area contributed by atoms with Gasteiger partial charge in [-0.05, 0) is 0 Å². The average molecular weight is 190 g/mol. The fourth-order valence-corrected chi connectivity index (χ4v) is 0.565. The minimum atomic E-state index is -0.614. The molecule has 1 rings (SSSR count). The van der Waals surface area contributed by atoms with Crippen molar-refractivity contribution in [2.24, 2.45) is 5.73 Å². The number of methoxy groups -OCH3 is 1. The molecule has 12 heavy (non-hydrogen) atoms. The lowest BCUT2D eigenvalue weighted by Gasteiger charge is -1.97. The highest BCUT2D eigenvalue weighted by Crippen LogP contribution is 2.02. The van der Waals surface area contributed by atoms with Crippen LogP contribution in [0.25, 0.3) is 0 Å². The van der Waals surface area contributed by atoms with E-state index < -0.39 is 5.91 Å². The first-order valence-corrected chi connectivity index (χ1v) is 2.90. The van der Waals surface area contributed by atoms with Gasteiger partial charge in [0.1, 0.15) is 5.69 Å². The molecule has 0 radical (unpaired) electrons. The van der Waals surface area contributed by atoms with Crippen LogP contribution in [0.1, 0.15) is 10.5 Å². The van der Waals surface area contributed by atoms with Crippen molar-refractivity contribution in [3.63, 3.8) is 0 Å².